The van der Waals surface area contributed by atoms with Crippen LogP contribution in [0, 0.1) is 10.1 Å². The van der Waals surface area contributed by atoms with Crippen LogP contribution >= 0.6 is 0 Å². The van der Waals surface area contributed by atoms with Gasteiger partial charge in [0.05, 0.1) is 4.92 Å². The first-order chi connectivity index (χ1) is 14.1. The quantitative estimate of drug-likeness (QED) is 0.507. The van der Waals surface area contributed by atoms with E-state index in [-0.39, 0.29) is 18.2 Å². The Morgan fingerprint density at radius 3 is 2.59 bits per heavy atom. The molecule has 0 atom stereocenters. The van der Waals surface area contributed by atoms with Crippen LogP contribution in [0.1, 0.15) is 12.8 Å². The van der Waals surface area contributed by atoms with Gasteiger partial charge in [0.1, 0.15) is 17.1 Å². The van der Waals surface area contributed by atoms with Crippen molar-refractivity contribution < 1.29 is 14.5 Å². The predicted molar refractivity (Wildman–Crippen MR) is 110 cm³/mol. The molecule has 1 N–H and O–H groups in total. The van der Waals surface area contributed by atoms with Crippen molar-refractivity contribution in [1.82, 2.24) is 4.98 Å². The third-order valence-electron chi connectivity index (χ3n) is 4.82. The van der Waals surface area contributed by atoms with Gasteiger partial charge < -0.3 is 15.0 Å². The average molecular weight is 392 g/mol. The highest BCUT2D eigenvalue weighted by atomic mass is 16.6. The zero-order valence-corrected chi connectivity index (χ0v) is 15.7. The minimum atomic E-state index is -0.487. The largest absolute Gasteiger partial charge is 0.481 e. The Kier molecular flexibility index (Phi) is 5.24. The first kappa shape index (κ1) is 18.7. The molecule has 1 amide bonds. The number of carbonyl (C=O) groups excluding carboxylic acids is 1. The number of hydrogen-bond donors (Lipinski definition) is 1. The molecule has 8 heteroatoms. The average Bonchev–Trinajstić information content (AvgIpc) is 3.27. The van der Waals surface area contributed by atoms with Crippen LogP contribution < -0.4 is 15.0 Å². The number of rotatable bonds is 6. The molecule has 0 spiro atoms. The van der Waals surface area contributed by atoms with E-state index < -0.39 is 4.92 Å². The maximum Gasteiger partial charge on any atom is 0.269 e. The zero-order chi connectivity index (χ0) is 20.2. The monoisotopic (exact) mass is 392 g/mol. The maximum atomic E-state index is 12.2. The van der Waals surface area contributed by atoms with Crippen molar-refractivity contribution in [2.45, 2.75) is 12.8 Å². The minimum absolute atomic E-state index is 0.0325. The molecule has 1 fully saturated rings. The van der Waals surface area contributed by atoms with Gasteiger partial charge in [-0.15, -0.1) is 0 Å². The summed E-state index contributed by atoms with van der Waals surface area (Å²) in [5, 5.41) is 14.3. The third kappa shape index (κ3) is 4.26. The number of amides is 1. The van der Waals surface area contributed by atoms with Crippen molar-refractivity contribution in [3.05, 3.63) is 64.7 Å². The molecular formula is C21H20N4O4. The number of carbonyl (C=O) groups is 1. The predicted octanol–water partition coefficient (Wildman–Crippen LogP) is 3.76. The number of nitrogens with zero attached hydrogens (tertiary/aromatic N) is 3. The first-order valence-corrected chi connectivity index (χ1v) is 9.42. The Balaban J connectivity index is 1.45. The van der Waals surface area contributed by atoms with Gasteiger partial charge in [-0.3, -0.25) is 14.9 Å². The van der Waals surface area contributed by atoms with Crippen LogP contribution in [0.2, 0.25) is 0 Å². The molecule has 2 heterocycles. The summed E-state index contributed by atoms with van der Waals surface area (Å²) in [5.41, 5.74) is 1.16. The smallest absolute Gasteiger partial charge is 0.269 e. The van der Waals surface area contributed by atoms with E-state index in [4.69, 9.17) is 9.72 Å². The lowest BCUT2D eigenvalue weighted by molar-refractivity contribution is -0.384. The number of pyridine rings is 1. The van der Waals surface area contributed by atoms with Crippen molar-refractivity contribution in [2.75, 3.05) is 29.9 Å². The van der Waals surface area contributed by atoms with E-state index in [9.17, 15) is 14.9 Å². The molecule has 1 aromatic heterocycles. The number of ether oxygens (including phenoxy) is 1. The van der Waals surface area contributed by atoms with E-state index in [1.165, 1.54) is 37.1 Å². The summed E-state index contributed by atoms with van der Waals surface area (Å²) < 4.78 is 5.73. The van der Waals surface area contributed by atoms with Crippen LogP contribution in [0.3, 0.4) is 0 Å². The second kappa shape index (κ2) is 8.14. The molecule has 0 saturated carbocycles. The van der Waals surface area contributed by atoms with Gasteiger partial charge in [-0.1, -0.05) is 12.1 Å². The zero-order valence-electron chi connectivity index (χ0n) is 15.7. The van der Waals surface area contributed by atoms with Crippen LogP contribution in [-0.2, 0) is 4.79 Å². The van der Waals surface area contributed by atoms with E-state index in [1.807, 2.05) is 24.3 Å². The van der Waals surface area contributed by atoms with E-state index >= 15 is 0 Å². The fraction of sp³-hybridized carbons (Fsp3) is 0.238. The van der Waals surface area contributed by atoms with Crippen LogP contribution in [0.5, 0.6) is 5.75 Å². The van der Waals surface area contributed by atoms with Crippen LogP contribution in [0.4, 0.5) is 17.2 Å². The summed E-state index contributed by atoms with van der Waals surface area (Å²) in [6.45, 7) is 1.81. The van der Waals surface area contributed by atoms with Gasteiger partial charge in [-0.05, 0) is 43.2 Å². The molecule has 0 bridgehead atoms. The molecule has 0 radical (unpaired) electrons. The third-order valence-corrected chi connectivity index (χ3v) is 4.82. The maximum absolute atomic E-state index is 12.2. The lowest BCUT2D eigenvalue weighted by Crippen LogP contribution is -2.20. The Hall–Kier alpha value is -3.68. The van der Waals surface area contributed by atoms with Crippen molar-refractivity contribution in [1.29, 1.82) is 0 Å². The Bertz CT molecular complexity index is 1050. The lowest BCUT2D eigenvalue weighted by Gasteiger charge is -2.17. The van der Waals surface area contributed by atoms with Crippen molar-refractivity contribution in [3.8, 4) is 5.75 Å². The SMILES string of the molecule is O=C(COc1cccc2ccc(N3CCCC3)nc12)Nc1ccc([N+](=O)[O-])cc1. The van der Waals surface area contributed by atoms with Crippen LogP contribution in [0.15, 0.2) is 54.6 Å². The van der Waals surface area contributed by atoms with Crippen molar-refractivity contribution >= 4 is 34.0 Å². The second-order valence-corrected chi connectivity index (χ2v) is 6.83. The first-order valence-electron chi connectivity index (χ1n) is 9.42. The minimum Gasteiger partial charge on any atom is -0.481 e. The van der Waals surface area contributed by atoms with Gasteiger partial charge in [-0.25, -0.2) is 4.98 Å². The molecule has 0 unspecified atom stereocenters. The number of aromatic nitrogens is 1. The number of nitro groups is 1. The van der Waals surface area contributed by atoms with Gasteiger partial charge in [0, 0.05) is 36.3 Å². The highest BCUT2D eigenvalue weighted by Gasteiger charge is 2.15. The molecule has 8 nitrogen and oxygen atoms in total. The molecular weight excluding hydrogens is 372 g/mol. The van der Waals surface area contributed by atoms with Gasteiger partial charge in [0.15, 0.2) is 6.61 Å². The van der Waals surface area contributed by atoms with Gasteiger partial charge in [0.25, 0.3) is 11.6 Å². The van der Waals surface area contributed by atoms with E-state index in [0.717, 1.165) is 29.8 Å². The van der Waals surface area contributed by atoms with Crippen LogP contribution in [0.25, 0.3) is 10.9 Å². The molecule has 2 aromatic carbocycles. The van der Waals surface area contributed by atoms with Gasteiger partial charge in [0.2, 0.25) is 0 Å². The highest BCUT2D eigenvalue weighted by Crippen LogP contribution is 2.28. The molecule has 1 aliphatic rings. The summed E-state index contributed by atoms with van der Waals surface area (Å²) in [7, 11) is 0. The van der Waals surface area contributed by atoms with E-state index in [0.29, 0.717) is 11.4 Å². The number of non-ortho nitro benzene ring substituents is 1. The van der Waals surface area contributed by atoms with Crippen molar-refractivity contribution in [3.63, 3.8) is 0 Å². The molecule has 3 aromatic rings. The number of anilines is 2. The van der Waals surface area contributed by atoms with Crippen molar-refractivity contribution in [2.24, 2.45) is 0 Å². The van der Waals surface area contributed by atoms with E-state index in [2.05, 4.69) is 10.2 Å². The van der Waals surface area contributed by atoms with Gasteiger partial charge in [-0.2, -0.15) is 0 Å². The number of nitro benzene ring substituents is 1. The Morgan fingerprint density at radius 1 is 1.10 bits per heavy atom. The topological polar surface area (TPSA) is 97.6 Å². The second-order valence-electron chi connectivity index (χ2n) is 6.83. The standard InChI is InChI=1S/C21H20N4O4/c26-20(22-16-7-9-17(10-8-16)25(27)28)14-29-18-5-3-4-15-6-11-19(23-21(15)18)24-12-1-2-13-24/h3-11H,1-2,12-14H2,(H,22,26). The highest BCUT2D eigenvalue weighted by molar-refractivity contribution is 5.92. The molecule has 29 heavy (non-hydrogen) atoms. The lowest BCUT2D eigenvalue weighted by atomic mass is 10.2. The van der Waals surface area contributed by atoms with Gasteiger partial charge >= 0.3 is 0 Å². The summed E-state index contributed by atoms with van der Waals surface area (Å²) in [5.74, 6) is 1.11. The number of benzene rings is 2. The normalized spacial score (nSPS) is 13.4. The number of hydrogen-bond acceptors (Lipinski definition) is 6. The Labute approximate surface area is 167 Å². The fourth-order valence-electron chi connectivity index (χ4n) is 3.36. The van der Waals surface area contributed by atoms with Crippen LogP contribution in [-0.4, -0.2) is 35.5 Å². The van der Waals surface area contributed by atoms with E-state index in [1.54, 1.807) is 6.07 Å². The number of nitrogens with one attached hydrogen (secondary N) is 1. The summed E-state index contributed by atoms with van der Waals surface area (Å²) in [4.78, 5) is 29.4. The molecule has 1 saturated heterocycles. The summed E-state index contributed by atoms with van der Waals surface area (Å²) >= 11 is 0. The molecule has 1 aliphatic heterocycles. The number of fused-ring (bicyclic) bond motifs is 1. The fourth-order valence-corrected chi connectivity index (χ4v) is 3.36. The number of para-hydroxylation sites is 1. The summed E-state index contributed by atoms with van der Waals surface area (Å²) in [6, 6.07) is 15.3. The molecule has 148 valence electrons. The molecule has 0 aliphatic carbocycles. The molecule has 4 rings (SSSR count). The summed E-state index contributed by atoms with van der Waals surface area (Å²) in [6.07, 6.45) is 2.33. The Morgan fingerprint density at radius 2 is 1.86 bits per heavy atom.